The maximum Gasteiger partial charge on any atom is 0.298 e. The number of hydrogen-bond donors (Lipinski definition) is 2. The second-order valence-corrected chi connectivity index (χ2v) is 9.20. The molecule has 0 fully saturated rings. The van der Waals surface area contributed by atoms with Gasteiger partial charge in [0.05, 0.1) is 6.42 Å². The van der Waals surface area contributed by atoms with E-state index >= 15 is 0 Å². The van der Waals surface area contributed by atoms with E-state index in [9.17, 15) is 18.7 Å². The van der Waals surface area contributed by atoms with Crippen LogP contribution in [0.3, 0.4) is 0 Å². The third kappa shape index (κ3) is 6.33. The van der Waals surface area contributed by atoms with Crippen molar-refractivity contribution >= 4 is 23.2 Å². The lowest BCUT2D eigenvalue weighted by Gasteiger charge is -2.19. The Morgan fingerprint density at radius 1 is 1.00 bits per heavy atom. The molecule has 0 saturated carbocycles. The van der Waals surface area contributed by atoms with Crippen LogP contribution in [0.25, 0.3) is 11.3 Å². The van der Waals surface area contributed by atoms with Gasteiger partial charge in [-0.3, -0.25) is 4.79 Å². The van der Waals surface area contributed by atoms with Crippen LogP contribution >= 0.6 is 11.6 Å². The summed E-state index contributed by atoms with van der Waals surface area (Å²) < 4.78 is 34.0. The number of aliphatic hydroxyl groups excluding tert-OH is 1. The van der Waals surface area contributed by atoms with Crippen LogP contribution in [0.5, 0.6) is 5.88 Å². The van der Waals surface area contributed by atoms with Crippen LogP contribution in [0.4, 0.5) is 14.5 Å². The van der Waals surface area contributed by atoms with E-state index in [1.165, 1.54) is 24.3 Å². The van der Waals surface area contributed by atoms with Gasteiger partial charge >= 0.3 is 0 Å². The highest BCUT2D eigenvalue weighted by atomic mass is 35.5. The molecule has 4 rings (SSSR count). The van der Waals surface area contributed by atoms with Crippen LogP contribution in [-0.2, 0) is 17.1 Å². The zero-order valence-electron chi connectivity index (χ0n) is 20.7. The van der Waals surface area contributed by atoms with Gasteiger partial charge in [-0.05, 0) is 37.6 Å². The first-order valence-corrected chi connectivity index (χ1v) is 12.3. The standard InChI is InChI=1S/C29H26ClF2N3O3/c1-18(24-5-3-4-6-25(24)30)38-28-27(33-15-16-34-28)21-9-13-23(14-10-21)35-26(37)17-20-7-11-22(12-8-20)29(31,32)19(2)36/h3-16,18-19,36H,17H2,1-2H3,(H,35,37)/t18-,19?/m1/s1. The number of hydrogen-bond acceptors (Lipinski definition) is 5. The van der Waals surface area contributed by atoms with Gasteiger partial charge in [0, 0.05) is 39.8 Å². The molecule has 38 heavy (non-hydrogen) atoms. The Bertz CT molecular complexity index is 1400. The molecule has 0 aliphatic rings. The van der Waals surface area contributed by atoms with Gasteiger partial charge in [0.1, 0.15) is 17.9 Å². The van der Waals surface area contributed by atoms with Gasteiger partial charge in [0.15, 0.2) is 0 Å². The Labute approximate surface area is 224 Å². The number of rotatable bonds is 9. The number of ether oxygens (including phenoxy) is 1. The van der Waals surface area contributed by atoms with Gasteiger partial charge in [-0.25, -0.2) is 9.97 Å². The molecular formula is C29H26ClF2N3O3. The highest BCUT2D eigenvalue weighted by Gasteiger charge is 2.37. The summed E-state index contributed by atoms with van der Waals surface area (Å²) in [6.07, 6.45) is 0.954. The average Bonchev–Trinajstić information content (AvgIpc) is 2.90. The van der Waals surface area contributed by atoms with Gasteiger partial charge in [-0.2, -0.15) is 8.78 Å². The third-order valence-corrected chi connectivity index (χ3v) is 6.31. The van der Waals surface area contributed by atoms with Crippen molar-refractivity contribution in [2.45, 2.75) is 38.4 Å². The first-order valence-electron chi connectivity index (χ1n) is 11.9. The third-order valence-electron chi connectivity index (χ3n) is 5.97. The number of amides is 1. The molecule has 0 aliphatic carbocycles. The predicted molar refractivity (Wildman–Crippen MR) is 142 cm³/mol. The van der Waals surface area contributed by atoms with E-state index in [1.54, 1.807) is 42.7 Å². The number of anilines is 1. The Morgan fingerprint density at radius 3 is 2.32 bits per heavy atom. The van der Waals surface area contributed by atoms with E-state index in [1.807, 2.05) is 25.1 Å². The van der Waals surface area contributed by atoms with Gasteiger partial charge in [0.25, 0.3) is 5.92 Å². The van der Waals surface area contributed by atoms with Crippen LogP contribution in [0, 0.1) is 0 Å². The van der Waals surface area contributed by atoms with E-state index in [0.717, 1.165) is 18.1 Å². The number of nitrogens with zero attached hydrogens (tertiary/aromatic N) is 2. The summed E-state index contributed by atoms with van der Waals surface area (Å²) in [5.41, 5.74) is 2.94. The molecule has 0 spiro atoms. The number of halogens is 3. The minimum Gasteiger partial charge on any atom is -0.468 e. The number of nitrogens with one attached hydrogen (secondary N) is 1. The molecule has 0 aliphatic heterocycles. The fourth-order valence-electron chi connectivity index (χ4n) is 3.83. The van der Waals surface area contributed by atoms with Crippen molar-refractivity contribution in [1.29, 1.82) is 0 Å². The van der Waals surface area contributed by atoms with E-state index in [4.69, 9.17) is 16.3 Å². The molecule has 4 aromatic rings. The van der Waals surface area contributed by atoms with Crippen molar-refractivity contribution in [3.63, 3.8) is 0 Å². The van der Waals surface area contributed by atoms with Crippen molar-refractivity contribution < 1.29 is 23.4 Å². The van der Waals surface area contributed by atoms with Crippen molar-refractivity contribution in [2.75, 3.05) is 5.32 Å². The lowest BCUT2D eigenvalue weighted by atomic mass is 10.0. The summed E-state index contributed by atoms with van der Waals surface area (Å²) in [6, 6.07) is 19.8. The summed E-state index contributed by atoms with van der Waals surface area (Å²) in [6.45, 7) is 2.91. The molecule has 0 radical (unpaired) electrons. The second-order valence-electron chi connectivity index (χ2n) is 8.79. The monoisotopic (exact) mass is 537 g/mol. The number of aromatic nitrogens is 2. The minimum atomic E-state index is -3.36. The molecule has 196 valence electrons. The molecule has 9 heteroatoms. The van der Waals surface area contributed by atoms with Gasteiger partial charge in [-0.15, -0.1) is 0 Å². The smallest absolute Gasteiger partial charge is 0.298 e. The number of alkyl halides is 2. The normalized spacial score (nSPS) is 13.0. The van der Waals surface area contributed by atoms with Crippen molar-refractivity contribution in [2.24, 2.45) is 0 Å². The molecule has 2 N–H and O–H groups in total. The molecule has 1 amide bonds. The number of aliphatic hydroxyl groups is 1. The quantitative estimate of drug-likeness (QED) is 0.251. The van der Waals surface area contributed by atoms with Gasteiger partial charge in [0.2, 0.25) is 11.8 Å². The first-order chi connectivity index (χ1) is 18.1. The first kappa shape index (κ1) is 27.2. The SMILES string of the molecule is CC(O)C(F)(F)c1ccc(CC(=O)Nc2ccc(-c3nccnc3O[C@H](C)c3ccccc3Cl)cc2)cc1. The Morgan fingerprint density at radius 2 is 1.66 bits per heavy atom. The highest BCUT2D eigenvalue weighted by molar-refractivity contribution is 6.31. The van der Waals surface area contributed by atoms with Gasteiger partial charge < -0.3 is 15.2 Å². The summed E-state index contributed by atoms with van der Waals surface area (Å²) in [5, 5.41) is 12.7. The highest BCUT2D eigenvalue weighted by Crippen LogP contribution is 2.33. The number of carbonyl (C=O) groups is 1. The summed E-state index contributed by atoms with van der Waals surface area (Å²) in [5.74, 6) is -3.31. The van der Waals surface area contributed by atoms with Crippen LogP contribution in [0.2, 0.25) is 5.02 Å². The fraction of sp³-hybridized carbons (Fsp3) is 0.207. The molecule has 6 nitrogen and oxygen atoms in total. The van der Waals surface area contributed by atoms with Crippen molar-refractivity contribution in [3.8, 4) is 17.1 Å². The maximum absolute atomic E-state index is 13.9. The molecule has 0 saturated heterocycles. The Kier molecular flexibility index (Phi) is 8.34. The van der Waals surface area contributed by atoms with E-state index < -0.39 is 12.0 Å². The van der Waals surface area contributed by atoms with Crippen LogP contribution in [-0.4, -0.2) is 27.1 Å². The van der Waals surface area contributed by atoms with Crippen LogP contribution in [0.15, 0.2) is 85.2 Å². The summed E-state index contributed by atoms with van der Waals surface area (Å²) >= 11 is 6.30. The second kappa shape index (κ2) is 11.7. The number of benzene rings is 3. The van der Waals surface area contributed by atoms with Crippen molar-refractivity contribution in [1.82, 2.24) is 9.97 Å². The predicted octanol–water partition coefficient (Wildman–Crippen LogP) is 6.59. The molecule has 3 aromatic carbocycles. The number of carbonyl (C=O) groups excluding carboxylic acids is 1. The zero-order chi connectivity index (χ0) is 27.3. The van der Waals surface area contributed by atoms with Crippen molar-refractivity contribution in [3.05, 3.63) is 107 Å². The van der Waals surface area contributed by atoms with Crippen LogP contribution in [0.1, 0.15) is 36.6 Å². The zero-order valence-corrected chi connectivity index (χ0v) is 21.5. The average molecular weight is 538 g/mol. The van der Waals surface area contributed by atoms with E-state index in [-0.39, 0.29) is 24.0 Å². The minimum absolute atomic E-state index is 0.00433. The molecule has 0 bridgehead atoms. The fourth-order valence-corrected chi connectivity index (χ4v) is 4.12. The lowest BCUT2D eigenvalue weighted by molar-refractivity contribution is -0.115. The lowest BCUT2D eigenvalue weighted by Crippen LogP contribution is -2.27. The molecule has 1 heterocycles. The largest absolute Gasteiger partial charge is 0.468 e. The molecular weight excluding hydrogens is 512 g/mol. The molecule has 1 aromatic heterocycles. The topological polar surface area (TPSA) is 84.3 Å². The summed E-state index contributed by atoms with van der Waals surface area (Å²) in [7, 11) is 0. The van der Waals surface area contributed by atoms with Crippen LogP contribution < -0.4 is 10.1 Å². The molecule has 2 atom stereocenters. The Hall–Kier alpha value is -3.88. The Balaban J connectivity index is 1.41. The maximum atomic E-state index is 13.9. The molecule has 1 unspecified atom stereocenters. The van der Waals surface area contributed by atoms with E-state index in [0.29, 0.717) is 27.8 Å². The van der Waals surface area contributed by atoms with E-state index in [2.05, 4.69) is 15.3 Å². The van der Waals surface area contributed by atoms with Gasteiger partial charge in [-0.1, -0.05) is 66.2 Å². The summed E-state index contributed by atoms with van der Waals surface area (Å²) in [4.78, 5) is 21.3.